The third kappa shape index (κ3) is 3.57. The van der Waals surface area contributed by atoms with Crippen molar-refractivity contribution in [3.63, 3.8) is 0 Å². The van der Waals surface area contributed by atoms with Crippen LogP contribution in [0.2, 0.25) is 0 Å². The first-order chi connectivity index (χ1) is 9.60. The highest BCUT2D eigenvalue weighted by Gasteiger charge is 2.10. The molecule has 106 valence electrons. The summed E-state index contributed by atoms with van der Waals surface area (Å²) in [5.41, 5.74) is 7.12. The maximum absolute atomic E-state index is 12.8. The lowest BCUT2D eigenvalue weighted by Gasteiger charge is -2.09. The highest BCUT2D eigenvalue weighted by molar-refractivity contribution is 7.84. The van der Waals surface area contributed by atoms with Crippen LogP contribution in [0, 0.1) is 5.82 Å². The van der Waals surface area contributed by atoms with Crippen LogP contribution in [0.15, 0.2) is 47.4 Å². The Kier molecular flexibility index (Phi) is 4.74. The highest BCUT2D eigenvalue weighted by Crippen LogP contribution is 2.24. The number of rotatable bonds is 5. The Morgan fingerprint density at radius 3 is 2.55 bits per heavy atom. The molecule has 1 atom stereocenters. The van der Waals surface area contributed by atoms with Gasteiger partial charge in [0, 0.05) is 5.69 Å². The summed E-state index contributed by atoms with van der Waals surface area (Å²) in [6.07, 6.45) is 0. The van der Waals surface area contributed by atoms with Crippen LogP contribution in [0.25, 0.3) is 0 Å². The first kappa shape index (κ1) is 14.5. The van der Waals surface area contributed by atoms with Gasteiger partial charge >= 0.3 is 0 Å². The zero-order valence-electron chi connectivity index (χ0n) is 11.1. The number of nitrogen functional groups attached to an aromatic ring is 1. The van der Waals surface area contributed by atoms with Gasteiger partial charge in [0.2, 0.25) is 0 Å². The van der Waals surface area contributed by atoms with Crippen molar-refractivity contribution in [2.45, 2.75) is 17.6 Å². The summed E-state index contributed by atoms with van der Waals surface area (Å²) in [7, 11) is -1.29. The van der Waals surface area contributed by atoms with Crippen LogP contribution >= 0.6 is 0 Å². The summed E-state index contributed by atoms with van der Waals surface area (Å²) >= 11 is 0. The van der Waals surface area contributed by atoms with Crippen LogP contribution in [0.1, 0.15) is 12.5 Å². The monoisotopic (exact) mass is 293 g/mol. The van der Waals surface area contributed by atoms with Gasteiger partial charge in [-0.15, -0.1) is 0 Å². The minimum absolute atomic E-state index is 0.292. The van der Waals surface area contributed by atoms with E-state index in [1.54, 1.807) is 30.3 Å². The third-order valence-electron chi connectivity index (χ3n) is 2.75. The van der Waals surface area contributed by atoms with Gasteiger partial charge < -0.3 is 10.5 Å². The van der Waals surface area contributed by atoms with Crippen LogP contribution in [0.3, 0.4) is 0 Å². The van der Waals surface area contributed by atoms with E-state index in [0.29, 0.717) is 28.7 Å². The molecular formula is C15H16FNO2S. The molecular weight excluding hydrogens is 277 g/mol. The molecule has 5 heteroatoms. The molecule has 2 aromatic carbocycles. The number of hydrogen-bond acceptors (Lipinski definition) is 3. The highest BCUT2D eigenvalue weighted by atomic mass is 32.2. The maximum Gasteiger partial charge on any atom is 0.123 e. The van der Waals surface area contributed by atoms with E-state index in [4.69, 9.17) is 10.5 Å². The average molecular weight is 293 g/mol. The van der Waals surface area contributed by atoms with Crippen LogP contribution in [0.4, 0.5) is 10.1 Å². The van der Waals surface area contributed by atoms with Gasteiger partial charge in [0.15, 0.2) is 0 Å². The predicted molar refractivity (Wildman–Crippen MR) is 78.5 cm³/mol. The lowest BCUT2D eigenvalue weighted by Crippen LogP contribution is -2.02. The topological polar surface area (TPSA) is 52.3 Å². The smallest absolute Gasteiger partial charge is 0.123 e. The molecule has 0 aliphatic carbocycles. The standard InChI is InChI=1S/C15H16FNO2S/c1-2-19-13-7-8-14(17)15(9-13)20(18)10-11-3-5-12(16)6-4-11/h3-9H,2,10,17H2,1H3. The Labute approximate surface area is 120 Å². The van der Waals surface area contributed by atoms with Crippen molar-refractivity contribution < 1.29 is 13.3 Å². The quantitative estimate of drug-likeness (QED) is 0.862. The molecule has 2 rings (SSSR count). The number of benzene rings is 2. The second-order valence-electron chi connectivity index (χ2n) is 4.25. The fraction of sp³-hybridized carbons (Fsp3) is 0.200. The number of anilines is 1. The molecule has 2 N–H and O–H groups in total. The number of nitrogens with two attached hydrogens (primary N) is 1. The third-order valence-corrected chi connectivity index (χ3v) is 4.19. The van der Waals surface area contributed by atoms with E-state index in [0.717, 1.165) is 5.56 Å². The SMILES string of the molecule is CCOc1ccc(N)c(S(=O)Cc2ccc(F)cc2)c1. The van der Waals surface area contributed by atoms with Crippen molar-refractivity contribution in [3.8, 4) is 5.75 Å². The van der Waals surface area contributed by atoms with E-state index in [-0.39, 0.29) is 5.82 Å². The molecule has 0 heterocycles. The molecule has 1 unspecified atom stereocenters. The van der Waals surface area contributed by atoms with Crippen molar-refractivity contribution in [1.82, 2.24) is 0 Å². The first-order valence-corrected chi connectivity index (χ1v) is 7.57. The van der Waals surface area contributed by atoms with E-state index in [1.165, 1.54) is 12.1 Å². The zero-order chi connectivity index (χ0) is 14.5. The minimum atomic E-state index is -1.29. The molecule has 0 bridgehead atoms. The molecule has 0 aliphatic heterocycles. The Morgan fingerprint density at radius 2 is 1.90 bits per heavy atom. The normalized spacial score (nSPS) is 12.1. The Bertz CT molecular complexity index is 614. The van der Waals surface area contributed by atoms with E-state index < -0.39 is 10.8 Å². The van der Waals surface area contributed by atoms with Gasteiger partial charge in [-0.05, 0) is 42.8 Å². The van der Waals surface area contributed by atoms with E-state index in [1.807, 2.05) is 6.92 Å². The van der Waals surface area contributed by atoms with Crippen LogP contribution in [-0.2, 0) is 16.6 Å². The Balaban J connectivity index is 2.19. The minimum Gasteiger partial charge on any atom is -0.494 e. The van der Waals surface area contributed by atoms with Gasteiger partial charge in [0.1, 0.15) is 11.6 Å². The van der Waals surface area contributed by atoms with Crippen molar-refractivity contribution in [1.29, 1.82) is 0 Å². The van der Waals surface area contributed by atoms with E-state index in [2.05, 4.69) is 0 Å². The summed E-state index contributed by atoms with van der Waals surface area (Å²) in [6.45, 7) is 2.42. The van der Waals surface area contributed by atoms with Gasteiger partial charge in [-0.2, -0.15) is 0 Å². The Hall–Kier alpha value is -1.88. The van der Waals surface area contributed by atoms with E-state index >= 15 is 0 Å². The fourth-order valence-corrected chi connectivity index (χ4v) is 3.01. The summed E-state index contributed by atoms with van der Waals surface area (Å²) in [5.74, 6) is 0.626. The molecule has 0 amide bonds. The molecule has 0 aliphatic rings. The second kappa shape index (κ2) is 6.52. The number of ether oxygens (including phenoxy) is 1. The predicted octanol–water partition coefficient (Wildman–Crippen LogP) is 3.11. The van der Waals surface area contributed by atoms with E-state index in [9.17, 15) is 8.60 Å². The van der Waals surface area contributed by atoms with Crippen molar-refractivity contribution >= 4 is 16.5 Å². The second-order valence-corrected chi connectivity index (χ2v) is 5.67. The first-order valence-electron chi connectivity index (χ1n) is 6.25. The summed E-state index contributed by atoms with van der Waals surface area (Å²) < 4.78 is 30.6. The molecule has 0 spiro atoms. The van der Waals surface area contributed by atoms with Crippen molar-refractivity contribution in [2.75, 3.05) is 12.3 Å². The van der Waals surface area contributed by atoms with Crippen molar-refractivity contribution in [2.24, 2.45) is 0 Å². The Morgan fingerprint density at radius 1 is 1.20 bits per heavy atom. The molecule has 0 fully saturated rings. The molecule has 0 saturated heterocycles. The van der Waals surface area contributed by atoms with Crippen LogP contribution in [0.5, 0.6) is 5.75 Å². The molecule has 20 heavy (non-hydrogen) atoms. The van der Waals surface area contributed by atoms with Crippen LogP contribution < -0.4 is 10.5 Å². The molecule has 3 nitrogen and oxygen atoms in total. The summed E-state index contributed by atoms with van der Waals surface area (Å²) in [5, 5.41) is 0. The van der Waals surface area contributed by atoms with Gasteiger partial charge in [-0.3, -0.25) is 4.21 Å². The summed E-state index contributed by atoms with van der Waals surface area (Å²) in [4.78, 5) is 0.542. The molecule has 0 radical (unpaired) electrons. The lowest BCUT2D eigenvalue weighted by atomic mass is 10.2. The summed E-state index contributed by atoms with van der Waals surface area (Å²) in [6, 6.07) is 11.1. The lowest BCUT2D eigenvalue weighted by molar-refractivity contribution is 0.339. The maximum atomic E-state index is 12.8. The van der Waals surface area contributed by atoms with Gasteiger partial charge in [-0.25, -0.2) is 4.39 Å². The van der Waals surface area contributed by atoms with Gasteiger partial charge in [0.25, 0.3) is 0 Å². The fourth-order valence-electron chi connectivity index (χ4n) is 1.78. The van der Waals surface area contributed by atoms with Gasteiger partial charge in [-0.1, -0.05) is 12.1 Å². The number of hydrogen-bond donors (Lipinski definition) is 1. The average Bonchev–Trinajstić information content (AvgIpc) is 2.43. The van der Waals surface area contributed by atoms with Crippen LogP contribution in [-0.4, -0.2) is 10.8 Å². The molecule has 0 aromatic heterocycles. The largest absolute Gasteiger partial charge is 0.494 e. The van der Waals surface area contributed by atoms with Crippen molar-refractivity contribution in [3.05, 3.63) is 53.8 Å². The molecule has 0 saturated carbocycles. The number of halogens is 1. The zero-order valence-corrected chi connectivity index (χ0v) is 12.0. The molecule has 2 aromatic rings. The van der Waals surface area contributed by atoms with Gasteiger partial charge in [0.05, 0.1) is 28.1 Å².